The molecule has 1 fully saturated rings. The van der Waals surface area contributed by atoms with Gasteiger partial charge < -0.3 is 10.6 Å². The van der Waals surface area contributed by atoms with Gasteiger partial charge in [-0.05, 0) is 19.8 Å². The second kappa shape index (κ2) is 6.59. The Morgan fingerprint density at radius 3 is 2.64 bits per heavy atom. The van der Waals surface area contributed by atoms with Gasteiger partial charge in [0.2, 0.25) is 5.91 Å². The van der Waals surface area contributed by atoms with Crippen LogP contribution in [-0.4, -0.2) is 45.6 Å². The highest BCUT2D eigenvalue weighted by atomic mass is 16.2. The highest BCUT2D eigenvalue weighted by Gasteiger charge is 2.30. The molecule has 1 aromatic heterocycles. The van der Waals surface area contributed by atoms with Gasteiger partial charge in [-0.1, -0.05) is 13.8 Å². The molecule has 2 N–H and O–H groups in total. The quantitative estimate of drug-likeness (QED) is 0.768. The van der Waals surface area contributed by atoms with Crippen molar-refractivity contribution in [3.8, 4) is 0 Å². The van der Waals surface area contributed by atoms with Crippen molar-refractivity contribution in [3.63, 3.8) is 0 Å². The van der Waals surface area contributed by atoms with Crippen molar-refractivity contribution < 1.29 is 14.4 Å². The van der Waals surface area contributed by atoms with Crippen LogP contribution in [0.4, 0.5) is 10.6 Å². The van der Waals surface area contributed by atoms with Crippen LogP contribution in [0.5, 0.6) is 0 Å². The van der Waals surface area contributed by atoms with Crippen molar-refractivity contribution in [2.75, 3.05) is 18.4 Å². The minimum atomic E-state index is -0.537. The Morgan fingerprint density at radius 2 is 2.09 bits per heavy atom. The van der Waals surface area contributed by atoms with Crippen molar-refractivity contribution >= 4 is 23.7 Å². The molecule has 0 aliphatic carbocycles. The van der Waals surface area contributed by atoms with Crippen LogP contribution in [0.15, 0.2) is 6.07 Å². The molecule has 1 saturated heterocycles. The fraction of sp³-hybridized carbons (Fsp3) is 0.571. The molecule has 0 radical (unpaired) electrons. The van der Waals surface area contributed by atoms with E-state index in [1.807, 2.05) is 6.92 Å². The fourth-order valence-electron chi connectivity index (χ4n) is 2.46. The Balaban J connectivity index is 2.08. The van der Waals surface area contributed by atoms with Crippen LogP contribution in [0.25, 0.3) is 0 Å². The van der Waals surface area contributed by atoms with E-state index >= 15 is 0 Å². The molecule has 4 amide bonds. The summed E-state index contributed by atoms with van der Waals surface area (Å²) in [6.07, 6.45) is 1.79. The SMILES string of the molecule is CCC(CC)n1nc(C)cc1NC(=O)CN1C(=O)CNC1=O. The van der Waals surface area contributed by atoms with E-state index < -0.39 is 17.8 Å². The van der Waals surface area contributed by atoms with E-state index in [1.54, 1.807) is 10.7 Å². The first-order valence-corrected chi connectivity index (χ1v) is 7.40. The maximum Gasteiger partial charge on any atom is 0.325 e. The number of nitrogens with zero attached hydrogens (tertiary/aromatic N) is 3. The average molecular weight is 307 g/mol. The average Bonchev–Trinajstić information content (AvgIpc) is 2.97. The van der Waals surface area contributed by atoms with Gasteiger partial charge in [-0.25, -0.2) is 9.48 Å². The standard InChI is InChI=1S/C14H21N5O3/c1-4-10(5-2)19-11(6-9(3)17-19)16-12(20)8-18-13(21)7-15-14(18)22/h6,10H,4-5,7-8H2,1-3H3,(H,15,22)(H,16,20). The zero-order chi connectivity index (χ0) is 16.3. The summed E-state index contributed by atoms with van der Waals surface area (Å²) in [5.74, 6) is -0.231. The number of carbonyl (C=O) groups is 3. The molecule has 1 aliphatic heterocycles. The number of hydrogen-bond acceptors (Lipinski definition) is 4. The van der Waals surface area contributed by atoms with Gasteiger partial charge in [0.05, 0.1) is 18.3 Å². The molecule has 22 heavy (non-hydrogen) atoms. The van der Waals surface area contributed by atoms with Gasteiger partial charge >= 0.3 is 6.03 Å². The summed E-state index contributed by atoms with van der Waals surface area (Å²) < 4.78 is 1.79. The first-order chi connectivity index (χ1) is 10.5. The highest BCUT2D eigenvalue weighted by Crippen LogP contribution is 2.21. The van der Waals surface area contributed by atoms with Crippen molar-refractivity contribution in [2.24, 2.45) is 0 Å². The second-order valence-corrected chi connectivity index (χ2v) is 5.27. The zero-order valence-electron chi connectivity index (χ0n) is 13.0. The molecule has 1 aromatic rings. The van der Waals surface area contributed by atoms with E-state index in [0.717, 1.165) is 23.4 Å². The number of carbonyl (C=O) groups excluding carboxylic acids is 3. The molecular formula is C14H21N5O3. The zero-order valence-corrected chi connectivity index (χ0v) is 13.0. The molecule has 120 valence electrons. The Bertz CT molecular complexity index is 575. The van der Waals surface area contributed by atoms with E-state index in [9.17, 15) is 14.4 Å². The number of imide groups is 1. The van der Waals surface area contributed by atoms with Crippen molar-refractivity contribution in [3.05, 3.63) is 11.8 Å². The van der Waals surface area contributed by atoms with Crippen LogP contribution in [0, 0.1) is 6.92 Å². The van der Waals surface area contributed by atoms with E-state index in [4.69, 9.17) is 0 Å². The van der Waals surface area contributed by atoms with E-state index in [2.05, 4.69) is 29.6 Å². The molecule has 0 spiro atoms. The lowest BCUT2D eigenvalue weighted by molar-refractivity contribution is -0.128. The molecule has 2 rings (SSSR count). The lowest BCUT2D eigenvalue weighted by Crippen LogP contribution is -2.38. The number of hydrogen-bond donors (Lipinski definition) is 2. The smallest absolute Gasteiger partial charge is 0.325 e. The predicted octanol–water partition coefficient (Wildman–Crippen LogP) is 1.04. The highest BCUT2D eigenvalue weighted by molar-refractivity contribution is 6.06. The molecular weight excluding hydrogens is 286 g/mol. The summed E-state index contributed by atoms with van der Waals surface area (Å²) in [6.45, 7) is 5.62. The lowest BCUT2D eigenvalue weighted by Gasteiger charge is -2.18. The number of amides is 4. The van der Waals surface area contributed by atoms with Crippen molar-refractivity contribution in [1.82, 2.24) is 20.0 Å². The molecule has 0 saturated carbocycles. The Hall–Kier alpha value is -2.38. The molecule has 1 aliphatic rings. The summed E-state index contributed by atoms with van der Waals surface area (Å²) in [5.41, 5.74) is 0.803. The van der Waals surface area contributed by atoms with Crippen molar-refractivity contribution in [1.29, 1.82) is 0 Å². The van der Waals surface area contributed by atoms with Crippen LogP contribution in [0.1, 0.15) is 38.4 Å². The van der Waals surface area contributed by atoms with Crippen LogP contribution in [0.3, 0.4) is 0 Å². The van der Waals surface area contributed by atoms with E-state index in [0.29, 0.717) is 5.82 Å². The Kier molecular flexibility index (Phi) is 4.79. The summed E-state index contributed by atoms with van der Waals surface area (Å²) in [7, 11) is 0. The number of aromatic nitrogens is 2. The fourth-order valence-corrected chi connectivity index (χ4v) is 2.46. The van der Waals surface area contributed by atoms with E-state index in [1.165, 1.54) is 0 Å². The number of rotatable bonds is 6. The summed E-state index contributed by atoms with van der Waals surface area (Å²) in [5, 5.41) is 9.53. The molecule has 8 heteroatoms. The molecule has 0 unspecified atom stereocenters. The number of nitrogens with one attached hydrogen (secondary N) is 2. The van der Waals surface area contributed by atoms with Gasteiger partial charge in [0.1, 0.15) is 12.4 Å². The van der Waals surface area contributed by atoms with Gasteiger partial charge in [0.15, 0.2) is 0 Å². The summed E-state index contributed by atoms with van der Waals surface area (Å²) in [6, 6.07) is 1.44. The second-order valence-electron chi connectivity index (χ2n) is 5.27. The van der Waals surface area contributed by atoms with Crippen molar-refractivity contribution in [2.45, 2.75) is 39.7 Å². The molecule has 2 heterocycles. The van der Waals surface area contributed by atoms with Crippen LogP contribution >= 0.6 is 0 Å². The molecule has 0 atom stereocenters. The van der Waals surface area contributed by atoms with Crippen LogP contribution in [0.2, 0.25) is 0 Å². The Morgan fingerprint density at radius 1 is 1.41 bits per heavy atom. The number of aryl methyl sites for hydroxylation is 1. The third-order valence-electron chi connectivity index (χ3n) is 3.65. The first kappa shape index (κ1) is 16.0. The molecule has 0 bridgehead atoms. The minimum absolute atomic E-state index is 0.0586. The maximum atomic E-state index is 12.1. The van der Waals surface area contributed by atoms with Crippen LogP contribution in [-0.2, 0) is 9.59 Å². The molecule has 8 nitrogen and oxygen atoms in total. The largest absolute Gasteiger partial charge is 0.329 e. The monoisotopic (exact) mass is 307 g/mol. The number of urea groups is 1. The minimum Gasteiger partial charge on any atom is -0.329 e. The Labute approximate surface area is 128 Å². The number of anilines is 1. The maximum absolute atomic E-state index is 12.1. The topological polar surface area (TPSA) is 96.3 Å². The first-order valence-electron chi connectivity index (χ1n) is 7.40. The predicted molar refractivity (Wildman–Crippen MR) is 80.3 cm³/mol. The summed E-state index contributed by atoms with van der Waals surface area (Å²) >= 11 is 0. The van der Waals surface area contributed by atoms with Gasteiger partial charge in [0.25, 0.3) is 5.91 Å². The van der Waals surface area contributed by atoms with Gasteiger partial charge in [0, 0.05) is 6.07 Å². The van der Waals surface area contributed by atoms with Gasteiger partial charge in [-0.3, -0.25) is 14.5 Å². The van der Waals surface area contributed by atoms with Gasteiger partial charge in [-0.2, -0.15) is 5.10 Å². The van der Waals surface area contributed by atoms with Gasteiger partial charge in [-0.15, -0.1) is 0 Å². The van der Waals surface area contributed by atoms with E-state index in [-0.39, 0.29) is 19.1 Å². The summed E-state index contributed by atoms with van der Waals surface area (Å²) in [4.78, 5) is 35.9. The molecule has 0 aromatic carbocycles. The third kappa shape index (κ3) is 3.26. The third-order valence-corrected chi connectivity index (χ3v) is 3.65. The van der Waals surface area contributed by atoms with Crippen LogP contribution < -0.4 is 10.6 Å². The normalized spacial score (nSPS) is 14.6. The lowest BCUT2D eigenvalue weighted by atomic mass is 10.2.